The number of hydrazone groups is 1. The lowest BCUT2D eigenvalue weighted by Crippen LogP contribution is -2.31. The third-order valence-electron chi connectivity index (χ3n) is 5.88. The van der Waals surface area contributed by atoms with E-state index in [-0.39, 0.29) is 18.5 Å². The molecule has 0 spiro atoms. The Labute approximate surface area is 206 Å². The molecule has 0 fully saturated rings. The first-order valence-corrected chi connectivity index (χ1v) is 11.9. The molecule has 0 aliphatic carbocycles. The molecular formula is C25H24N6O3S. The summed E-state index contributed by atoms with van der Waals surface area (Å²) in [4.78, 5) is 15.8. The number of benzene rings is 2. The maximum atomic E-state index is 13.4. The van der Waals surface area contributed by atoms with Gasteiger partial charge < -0.3 is 9.47 Å². The zero-order chi connectivity index (χ0) is 24.4. The molecule has 0 bridgehead atoms. The Morgan fingerprint density at radius 2 is 1.91 bits per heavy atom. The van der Waals surface area contributed by atoms with Crippen LogP contribution >= 0.6 is 11.3 Å². The van der Waals surface area contributed by atoms with Crippen LogP contribution in [0.5, 0.6) is 11.5 Å². The van der Waals surface area contributed by atoms with E-state index in [1.165, 1.54) is 9.81 Å². The third kappa shape index (κ3) is 4.52. The average molecular weight is 489 g/mol. The van der Waals surface area contributed by atoms with Crippen molar-refractivity contribution in [1.82, 2.24) is 25.2 Å². The van der Waals surface area contributed by atoms with Gasteiger partial charge in [-0.3, -0.25) is 4.79 Å². The molecule has 0 saturated heterocycles. The number of hydrogen-bond donors (Lipinski definition) is 0. The number of aromatic nitrogens is 4. The molecule has 0 N–H and O–H groups in total. The number of ether oxygens (including phenoxy) is 2. The van der Waals surface area contributed by atoms with Crippen molar-refractivity contribution in [2.45, 2.75) is 25.9 Å². The molecule has 2 aromatic carbocycles. The second-order valence-electron chi connectivity index (χ2n) is 8.06. The number of tetrazole rings is 1. The molecule has 3 heterocycles. The molecule has 178 valence electrons. The molecule has 0 saturated carbocycles. The van der Waals surface area contributed by atoms with E-state index >= 15 is 0 Å². The van der Waals surface area contributed by atoms with Crippen molar-refractivity contribution in [3.8, 4) is 22.9 Å². The number of nitrogens with zero attached hydrogens (tertiary/aromatic N) is 6. The van der Waals surface area contributed by atoms with E-state index in [0.29, 0.717) is 23.7 Å². The topological polar surface area (TPSA) is 94.7 Å². The Hall–Kier alpha value is -4.05. The van der Waals surface area contributed by atoms with Crippen molar-refractivity contribution >= 4 is 23.0 Å². The van der Waals surface area contributed by atoms with Crippen molar-refractivity contribution < 1.29 is 14.3 Å². The van der Waals surface area contributed by atoms with E-state index in [0.717, 1.165) is 27.3 Å². The molecule has 1 atom stereocenters. The van der Waals surface area contributed by atoms with E-state index in [4.69, 9.17) is 14.6 Å². The van der Waals surface area contributed by atoms with Crippen LogP contribution in [0.25, 0.3) is 11.4 Å². The fourth-order valence-corrected chi connectivity index (χ4v) is 4.81. The highest BCUT2D eigenvalue weighted by molar-refractivity contribution is 7.12. The van der Waals surface area contributed by atoms with Crippen molar-refractivity contribution in [3.05, 3.63) is 76.0 Å². The van der Waals surface area contributed by atoms with Gasteiger partial charge in [-0.05, 0) is 46.8 Å². The maximum absolute atomic E-state index is 13.4. The maximum Gasteiger partial charge on any atom is 0.266 e. The summed E-state index contributed by atoms with van der Waals surface area (Å²) in [6.45, 7) is 1.91. The second kappa shape index (κ2) is 9.67. The highest BCUT2D eigenvalue weighted by Gasteiger charge is 2.34. The van der Waals surface area contributed by atoms with Gasteiger partial charge in [-0.15, -0.1) is 21.5 Å². The van der Waals surface area contributed by atoms with Gasteiger partial charge in [-0.2, -0.15) is 9.90 Å². The summed E-state index contributed by atoms with van der Waals surface area (Å²) in [5, 5.41) is 20.9. The number of carbonyl (C=O) groups is 1. The number of methoxy groups -OCH3 is 2. The first kappa shape index (κ1) is 22.7. The molecule has 5 rings (SSSR count). The van der Waals surface area contributed by atoms with E-state index in [9.17, 15) is 4.79 Å². The summed E-state index contributed by atoms with van der Waals surface area (Å²) >= 11 is 1.60. The lowest BCUT2D eigenvalue weighted by atomic mass is 10.0. The van der Waals surface area contributed by atoms with Gasteiger partial charge in [0.05, 0.1) is 30.9 Å². The van der Waals surface area contributed by atoms with Gasteiger partial charge in [0.15, 0.2) is 11.5 Å². The summed E-state index contributed by atoms with van der Waals surface area (Å²) in [6.07, 6.45) is 0.584. The van der Waals surface area contributed by atoms with Crippen LogP contribution in [0, 0.1) is 6.92 Å². The van der Waals surface area contributed by atoms with E-state index in [2.05, 4.69) is 15.4 Å². The number of hydrogen-bond acceptors (Lipinski definition) is 8. The van der Waals surface area contributed by atoms with Gasteiger partial charge in [0.2, 0.25) is 5.82 Å². The molecule has 0 radical (unpaired) electrons. The van der Waals surface area contributed by atoms with Gasteiger partial charge in [0, 0.05) is 12.0 Å². The van der Waals surface area contributed by atoms with Gasteiger partial charge in [-0.25, -0.2) is 5.01 Å². The lowest BCUT2D eigenvalue weighted by molar-refractivity contribution is -0.134. The van der Waals surface area contributed by atoms with Gasteiger partial charge >= 0.3 is 0 Å². The molecule has 9 nitrogen and oxygen atoms in total. The van der Waals surface area contributed by atoms with Crippen LogP contribution in [0.4, 0.5) is 0 Å². The van der Waals surface area contributed by atoms with Gasteiger partial charge in [0.25, 0.3) is 5.91 Å². The Morgan fingerprint density at radius 1 is 1.09 bits per heavy atom. The van der Waals surface area contributed by atoms with Crippen LogP contribution in [0.15, 0.2) is 65.1 Å². The molecule has 1 aliphatic rings. The standard InChI is InChI=1S/C25H24N6O3S/c1-16-7-4-5-8-18(16)25-26-29-30(28-25)15-24(32)31-20(14-19(27-31)23-9-6-12-35-23)17-10-11-21(33-2)22(13-17)34-3/h4-13,20H,14-15H2,1-3H3/t20-/m0/s1. The summed E-state index contributed by atoms with van der Waals surface area (Å²) in [6, 6.07) is 17.2. The molecule has 4 aromatic rings. The summed E-state index contributed by atoms with van der Waals surface area (Å²) in [5.74, 6) is 1.48. The van der Waals surface area contributed by atoms with Crippen LogP contribution < -0.4 is 9.47 Å². The lowest BCUT2D eigenvalue weighted by Gasteiger charge is -2.22. The highest BCUT2D eigenvalue weighted by atomic mass is 32.1. The monoisotopic (exact) mass is 488 g/mol. The second-order valence-corrected chi connectivity index (χ2v) is 9.00. The Morgan fingerprint density at radius 3 is 2.66 bits per heavy atom. The summed E-state index contributed by atoms with van der Waals surface area (Å²) < 4.78 is 10.9. The molecule has 35 heavy (non-hydrogen) atoms. The zero-order valence-electron chi connectivity index (χ0n) is 19.6. The van der Waals surface area contributed by atoms with E-state index in [1.54, 1.807) is 25.6 Å². The van der Waals surface area contributed by atoms with Crippen LogP contribution in [-0.4, -0.2) is 51.1 Å². The third-order valence-corrected chi connectivity index (χ3v) is 6.80. The largest absolute Gasteiger partial charge is 0.493 e. The number of aryl methyl sites for hydroxylation is 1. The van der Waals surface area contributed by atoms with Crippen molar-refractivity contribution in [3.63, 3.8) is 0 Å². The molecule has 1 aliphatic heterocycles. The van der Waals surface area contributed by atoms with Crippen molar-refractivity contribution in [2.24, 2.45) is 5.10 Å². The fraction of sp³-hybridized carbons (Fsp3) is 0.240. The quantitative estimate of drug-likeness (QED) is 0.389. The molecule has 2 aromatic heterocycles. The van der Waals surface area contributed by atoms with Crippen molar-refractivity contribution in [1.29, 1.82) is 0 Å². The van der Waals surface area contributed by atoms with Crippen LogP contribution in [-0.2, 0) is 11.3 Å². The fourth-order valence-electron chi connectivity index (χ4n) is 4.09. The minimum absolute atomic E-state index is 0.0795. The molecule has 0 unspecified atom stereocenters. The average Bonchev–Trinajstić information content (AvgIpc) is 3.64. The number of thiophene rings is 1. The first-order chi connectivity index (χ1) is 17.1. The predicted molar refractivity (Wildman–Crippen MR) is 133 cm³/mol. The zero-order valence-corrected chi connectivity index (χ0v) is 20.4. The smallest absolute Gasteiger partial charge is 0.266 e. The van der Waals surface area contributed by atoms with E-state index in [1.807, 2.05) is 66.9 Å². The Bertz CT molecular complexity index is 1380. The van der Waals surface area contributed by atoms with Gasteiger partial charge in [0.1, 0.15) is 6.54 Å². The SMILES string of the molecule is COc1ccc([C@@H]2CC(c3cccs3)=NN2C(=O)Cn2nnc(-c3ccccc3C)n2)cc1OC. The number of amides is 1. The first-order valence-electron chi connectivity index (χ1n) is 11.1. The summed E-state index contributed by atoms with van der Waals surface area (Å²) in [5.41, 5.74) is 3.68. The molecule has 1 amide bonds. The minimum Gasteiger partial charge on any atom is -0.493 e. The van der Waals surface area contributed by atoms with Crippen LogP contribution in [0.3, 0.4) is 0 Å². The highest BCUT2D eigenvalue weighted by Crippen LogP contribution is 2.38. The van der Waals surface area contributed by atoms with Crippen LogP contribution in [0.1, 0.15) is 28.5 Å². The Kier molecular flexibility index (Phi) is 6.28. The van der Waals surface area contributed by atoms with Gasteiger partial charge in [-0.1, -0.05) is 36.4 Å². The van der Waals surface area contributed by atoms with Crippen LogP contribution in [0.2, 0.25) is 0 Å². The minimum atomic E-state index is -0.293. The Balaban J connectivity index is 1.43. The number of carbonyl (C=O) groups excluding carboxylic acids is 1. The van der Waals surface area contributed by atoms with E-state index < -0.39 is 0 Å². The van der Waals surface area contributed by atoms with Crippen molar-refractivity contribution in [2.75, 3.05) is 14.2 Å². The predicted octanol–water partition coefficient (Wildman–Crippen LogP) is 4.11. The number of rotatable bonds is 7. The molecular weight excluding hydrogens is 464 g/mol. The molecule has 10 heteroatoms. The summed E-state index contributed by atoms with van der Waals surface area (Å²) in [7, 11) is 3.19. The normalized spacial score (nSPS) is 15.2.